The van der Waals surface area contributed by atoms with Crippen molar-refractivity contribution in [2.24, 2.45) is 5.73 Å². The number of benzene rings is 1. The number of anilines is 1. The van der Waals surface area contributed by atoms with Crippen LogP contribution in [0.1, 0.15) is 21.9 Å². The van der Waals surface area contributed by atoms with E-state index in [1.165, 1.54) is 11.8 Å². The molecule has 0 saturated heterocycles. The van der Waals surface area contributed by atoms with Crippen LogP contribution in [0.3, 0.4) is 0 Å². The third-order valence-electron chi connectivity index (χ3n) is 2.57. The Balaban J connectivity index is 2.17. The Bertz CT molecular complexity index is 640. The van der Waals surface area contributed by atoms with Crippen molar-refractivity contribution in [1.29, 1.82) is 0 Å². The second-order valence-corrected chi connectivity index (χ2v) is 5.58. The highest BCUT2D eigenvalue weighted by Gasteiger charge is 2.14. The predicted octanol–water partition coefficient (Wildman–Crippen LogP) is 2.41. The number of nitrogens with zero attached hydrogens (tertiary/aromatic N) is 2. The third kappa shape index (κ3) is 3.40. The number of aryl methyl sites for hydroxylation is 1. The number of nitrogen functional groups attached to an aromatic ring is 1. The quantitative estimate of drug-likeness (QED) is 0.846. The summed E-state index contributed by atoms with van der Waals surface area (Å²) < 4.78 is 0. The maximum atomic E-state index is 11.2. The van der Waals surface area contributed by atoms with Crippen LogP contribution in [0.2, 0.25) is 5.02 Å². The van der Waals surface area contributed by atoms with Gasteiger partial charge in [0.05, 0.1) is 11.4 Å². The van der Waals surface area contributed by atoms with Gasteiger partial charge in [-0.1, -0.05) is 17.7 Å². The van der Waals surface area contributed by atoms with Gasteiger partial charge < -0.3 is 11.5 Å². The average molecular weight is 309 g/mol. The summed E-state index contributed by atoms with van der Waals surface area (Å²) in [4.78, 5) is 20.6. The molecule has 0 aliphatic carbocycles. The van der Waals surface area contributed by atoms with Crippen molar-refractivity contribution < 1.29 is 4.79 Å². The number of amides is 1. The smallest absolute Gasteiger partial charge is 0.254 e. The van der Waals surface area contributed by atoms with Crippen LogP contribution in [0.5, 0.6) is 0 Å². The summed E-state index contributed by atoms with van der Waals surface area (Å²) in [5, 5.41) is 0.677. The predicted molar refractivity (Wildman–Crippen MR) is 80.7 cm³/mol. The lowest BCUT2D eigenvalue weighted by Gasteiger charge is -2.07. The Hall–Kier alpha value is -1.79. The second kappa shape index (κ2) is 6.11. The van der Waals surface area contributed by atoms with Crippen LogP contribution in [0.15, 0.2) is 29.2 Å². The SMILES string of the molecule is Cc1nc(CSc2cccc(Cl)c2)nc(N)c1C(N)=O. The molecule has 0 aliphatic rings. The maximum absolute atomic E-state index is 11.2. The van der Waals surface area contributed by atoms with Gasteiger partial charge in [-0.25, -0.2) is 9.97 Å². The van der Waals surface area contributed by atoms with Gasteiger partial charge in [-0.2, -0.15) is 0 Å². The molecular weight excluding hydrogens is 296 g/mol. The van der Waals surface area contributed by atoms with Gasteiger partial charge in [-0.05, 0) is 25.1 Å². The number of hydrogen-bond acceptors (Lipinski definition) is 5. The van der Waals surface area contributed by atoms with Gasteiger partial charge in [0, 0.05) is 9.92 Å². The molecule has 1 heterocycles. The Morgan fingerprint density at radius 2 is 2.15 bits per heavy atom. The molecule has 2 aromatic rings. The zero-order chi connectivity index (χ0) is 14.7. The van der Waals surface area contributed by atoms with E-state index in [1.54, 1.807) is 6.92 Å². The molecule has 4 N–H and O–H groups in total. The fourth-order valence-corrected chi connectivity index (χ4v) is 2.79. The number of nitrogens with two attached hydrogens (primary N) is 2. The summed E-state index contributed by atoms with van der Waals surface area (Å²) in [5.41, 5.74) is 11.6. The van der Waals surface area contributed by atoms with Crippen LogP contribution < -0.4 is 11.5 Å². The Kier molecular flexibility index (Phi) is 4.46. The van der Waals surface area contributed by atoms with Gasteiger partial charge in [0.1, 0.15) is 17.2 Å². The lowest BCUT2D eigenvalue weighted by molar-refractivity contribution is 0.1000. The maximum Gasteiger partial charge on any atom is 0.254 e. The number of halogens is 1. The van der Waals surface area contributed by atoms with Gasteiger partial charge in [0.15, 0.2) is 0 Å². The zero-order valence-electron chi connectivity index (χ0n) is 10.8. The van der Waals surface area contributed by atoms with Crippen molar-refractivity contribution in [3.63, 3.8) is 0 Å². The molecular formula is C13H13ClN4OS. The van der Waals surface area contributed by atoms with E-state index in [9.17, 15) is 4.79 Å². The lowest BCUT2D eigenvalue weighted by atomic mass is 10.2. The third-order valence-corrected chi connectivity index (χ3v) is 3.80. The Morgan fingerprint density at radius 1 is 1.40 bits per heavy atom. The molecule has 1 amide bonds. The molecule has 0 fully saturated rings. The number of carbonyl (C=O) groups excluding carboxylic acids is 1. The first-order chi connectivity index (χ1) is 9.47. The molecule has 0 unspecified atom stereocenters. The highest BCUT2D eigenvalue weighted by atomic mass is 35.5. The molecule has 7 heteroatoms. The van der Waals surface area contributed by atoms with Crippen LogP contribution in [0, 0.1) is 6.92 Å². The molecule has 0 bridgehead atoms. The van der Waals surface area contributed by atoms with Crippen molar-refractivity contribution in [3.05, 3.63) is 46.4 Å². The fourth-order valence-electron chi connectivity index (χ4n) is 1.73. The number of primary amides is 1. The van der Waals surface area contributed by atoms with Crippen LogP contribution in [0.4, 0.5) is 5.82 Å². The fraction of sp³-hybridized carbons (Fsp3) is 0.154. The number of rotatable bonds is 4. The van der Waals surface area contributed by atoms with E-state index in [2.05, 4.69) is 9.97 Å². The minimum atomic E-state index is -0.617. The zero-order valence-corrected chi connectivity index (χ0v) is 12.3. The molecule has 0 saturated carbocycles. The summed E-state index contributed by atoms with van der Waals surface area (Å²) in [6.07, 6.45) is 0. The van der Waals surface area contributed by atoms with E-state index in [1.807, 2.05) is 24.3 Å². The van der Waals surface area contributed by atoms with Crippen molar-refractivity contribution in [2.75, 3.05) is 5.73 Å². The summed E-state index contributed by atoms with van der Waals surface area (Å²) in [6, 6.07) is 7.50. The molecule has 20 heavy (non-hydrogen) atoms. The Morgan fingerprint density at radius 3 is 2.75 bits per heavy atom. The molecule has 0 atom stereocenters. The minimum absolute atomic E-state index is 0.117. The highest BCUT2D eigenvalue weighted by molar-refractivity contribution is 7.98. The van der Waals surface area contributed by atoms with Crippen molar-refractivity contribution in [1.82, 2.24) is 9.97 Å². The van der Waals surface area contributed by atoms with Gasteiger partial charge in [0.2, 0.25) is 0 Å². The van der Waals surface area contributed by atoms with Gasteiger partial charge in [0.25, 0.3) is 5.91 Å². The molecule has 2 rings (SSSR count). The van der Waals surface area contributed by atoms with E-state index in [-0.39, 0.29) is 11.4 Å². The minimum Gasteiger partial charge on any atom is -0.383 e. The summed E-state index contributed by atoms with van der Waals surface area (Å²) in [6.45, 7) is 1.69. The van der Waals surface area contributed by atoms with E-state index in [4.69, 9.17) is 23.1 Å². The van der Waals surface area contributed by atoms with E-state index >= 15 is 0 Å². The summed E-state index contributed by atoms with van der Waals surface area (Å²) >= 11 is 7.45. The molecule has 1 aromatic heterocycles. The van der Waals surface area contributed by atoms with E-state index in [0.717, 1.165) is 4.90 Å². The summed E-state index contributed by atoms with van der Waals surface area (Å²) in [5.74, 6) is 0.584. The van der Waals surface area contributed by atoms with Crippen molar-refractivity contribution >= 4 is 35.1 Å². The number of carbonyl (C=O) groups is 1. The van der Waals surface area contributed by atoms with Crippen LogP contribution in [-0.2, 0) is 5.75 Å². The Labute approximate surface area is 125 Å². The molecule has 0 aliphatic heterocycles. The molecule has 0 spiro atoms. The van der Waals surface area contributed by atoms with Crippen LogP contribution in [0.25, 0.3) is 0 Å². The average Bonchev–Trinajstić information content (AvgIpc) is 2.35. The molecule has 104 valence electrons. The molecule has 1 aromatic carbocycles. The first kappa shape index (κ1) is 14.6. The highest BCUT2D eigenvalue weighted by Crippen LogP contribution is 2.25. The summed E-state index contributed by atoms with van der Waals surface area (Å²) in [7, 11) is 0. The van der Waals surface area contributed by atoms with E-state index < -0.39 is 5.91 Å². The largest absolute Gasteiger partial charge is 0.383 e. The van der Waals surface area contributed by atoms with Gasteiger partial charge in [-0.15, -0.1) is 11.8 Å². The lowest BCUT2D eigenvalue weighted by Crippen LogP contribution is -2.18. The first-order valence-electron chi connectivity index (χ1n) is 5.78. The van der Waals surface area contributed by atoms with Gasteiger partial charge >= 0.3 is 0 Å². The normalized spacial score (nSPS) is 10.5. The van der Waals surface area contributed by atoms with Crippen LogP contribution >= 0.6 is 23.4 Å². The molecule has 0 radical (unpaired) electrons. The van der Waals surface area contributed by atoms with E-state index in [0.29, 0.717) is 22.3 Å². The monoisotopic (exact) mass is 308 g/mol. The van der Waals surface area contributed by atoms with Crippen molar-refractivity contribution in [2.45, 2.75) is 17.6 Å². The first-order valence-corrected chi connectivity index (χ1v) is 7.15. The van der Waals surface area contributed by atoms with Crippen LogP contribution in [-0.4, -0.2) is 15.9 Å². The second-order valence-electron chi connectivity index (χ2n) is 4.10. The van der Waals surface area contributed by atoms with Crippen molar-refractivity contribution in [3.8, 4) is 0 Å². The number of aromatic nitrogens is 2. The standard InChI is InChI=1S/C13H13ClN4OS/c1-7-11(13(16)19)12(15)18-10(17-7)6-20-9-4-2-3-8(14)5-9/h2-5H,6H2,1H3,(H2,16,19)(H2,15,17,18). The molecule has 5 nitrogen and oxygen atoms in total. The van der Waals surface area contributed by atoms with Gasteiger partial charge in [-0.3, -0.25) is 4.79 Å². The number of thioether (sulfide) groups is 1. The topological polar surface area (TPSA) is 94.9 Å². The number of hydrogen-bond donors (Lipinski definition) is 2.